The molecule has 20 heavy (non-hydrogen) atoms. The minimum absolute atomic E-state index is 0.0815. The number of hydrogen-bond acceptors (Lipinski definition) is 3. The van der Waals surface area contributed by atoms with E-state index in [1.165, 1.54) is 0 Å². The van der Waals surface area contributed by atoms with Gasteiger partial charge in [-0.1, -0.05) is 23.7 Å². The van der Waals surface area contributed by atoms with Gasteiger partial charge in [-0.05, 0) is 30.3 Å². The van der Waals surface area contributed by atoms with Crippen molar-refractivity contribution in [2.24, 2.45) is 0 Å². The number of ether oxygens (including phenoxy) is 1. The molecule has 0 radical (unpaired) electrons. The van der Waals surface area contributed by atoms with Crippen LogP contribution in [0, 0.1) is 0 Å². The largest absolute Gasteiger partial charge is 0.494 e. The van der Waals surface area contributed by atoms with E-state index in [0.29, 0.717) is 16.5 Å². The summed E-state index contributed by atoms with van der Waals surface area (Å²) in [5.41, 5.74) is 2.46. The lowest BCUT2D eigenvalue weighted by Gasteiger charge is -2.31. The highest BCUT2D eigenvalue weighted by atomic mass is 35.5. The molecular weight excluding hydrogens is 276 g/mol. The summed E-state index contributed by atoms with van der Waals surface area (Å²) in [4.78, 5) is 13.8. The first-order chi connectivity index (χ1) is 9.69. The first-order valence-corrected chi connectivity index (χ1v) is 6.57. The zero-order valence-electron chi connectivity index (χ0n) is 10.9. The van der Waals surface area contributed by atoms with Crippen LogP contribution in [0.5, 0.6) is 5.75 Å². The van der Waals surface area contributed by atoms with Gasteiger partial charge < -0.3 is 15.0 Å². The molecule has 5 heteroatoms. The predicted molar refractivity (Wildman–Crippen MR) is 80.1 cm³/mol. The van der Waals surface area contributed by atoms with Crippen LogP contribution in [0.4, 0.5) is 17.1 Å². The van der Waals surface area contributed by atoms with E-state index in [1.807, 2.05) is 47.4 Å². The molecule has 0 bridgehead atoms. The summed E-state index contributed by atoms with van der Waals surface area (Å²) in [6, 6.07) is 13.1. The second kappa shape index (κ2) is 5.06. The minimum atomic E-state index is -0.0815. The highest BCUT2D eigenvalue weighted by molar-refractivity contribution is 6.30. The van der Waals surface area contributed by atoms with Crippen molar-refractivity contribution in [1.29, 1.82) is 0 Å². The van der Waals surface area contributed by atoms with Crippen LogP contribution in [0.25, 0.3) is 0 Å². The average molecular weight is 289 g/mol. The van der Waals surface area contributed by atoms with Crippen LogP contribution in [-0.4, -0.2) is 19.6 Å². The predicted octanol–water partition coefficient (Wildman–Crippen LogP) is 3.44. The number of carbonyl (C=O) groups is 1. The summed E-state index contributed by atoms with van der Waals surface area (Å²) in [6.07, 6.45) is 0. The van der Waals surface area contributed by atoms with Crippen molar-refractivity contribution in [3.63, 3.8) is 0 Å². The Morgan fingerprint density at radius 2 is 2.05 bits per heavy atom. The highest BCUT2D eigenvalue weighted by Gasteiger charge is 2.25. The van der Waals surface area contributed by atoms with Crippen LogP contribution >= 0.6 is 11.6 Å². The lowest BCUT2D eigenvalue weighted by Crippen LogP contribution is -2.35. The monoisotopic (exact) mass is 288 g/mol. The van der Waals surface area contributed by atoms with Crippen LogP contribution in [0.15, 0.2) is 42.5 Å². The van der Waals surface area contributed by atoms with E-state index in [2.05, 4.69) is 5.32 Å². The van der Waals surface area contributed by atoms with Crippen LogP contribution in [-0.2, 0) is 4.79 Å². The fourth-order valence-corrected chi connectivity index (χ4v) is 2.51. The topological polar surface area (TPSA) is 41.6 Å². The van der Waals surface area contributed by atoms with E-state index in [9.17, 15) is 4.79 Å². The third-order valence-electron chi connectivity index (χ3n) is 3.20. The molecule has 2 aromatic carbocycles. The van der Waals surface area contributed by atoms with E-state index >= 15 is 0 Å². The number of fused-ring (bicyclic) bond motifs is 1. The molecule has 1 heterocycles. The van der Waals surface area contributed by atoms with Gasteiger partial charge in [-0.3, -0.25) is 4.79 Å². The molecule has 1 aliphatic heterocycles. The molecule has 2 aromatic rings. The van der Waals surface area contributed by atoms with Gasteiger partial charge in [0.2, 0.25) is 5.91 Å². The zero-order valence-corrected chi connectivity index (χ0v) is 11.6. The second-order valence-electron chi connectivity index (χ2n) is 4.47. The number of nitrogens with one attached hydrogen (secondary N) is 1. The molecule has 0 aliphatic carbocycles. The fourth-order valence-electron chi connectivity index (χ4n) is 2.32. The Hall–Kier alpha value is -2.20. The molecule has 3 rings (SSSR count). The van der Waals surface area contributed by atoms with Gasteiger partial charge in [-0.25, -0.2) is 0 Å². The number of carbonyl (C=O) groups excluding carboxylic acids is 1. The fraction of sp³-hybridized carbons (Fsp3) is 0.133. The number of para-hydroxylation sites is 1. The molecule has 0 fully saturated rings. The van der Waals surface area contributed by atoms with Crippen molar-refractivity contribution in [2.75, 3.05) is 23.9 Å². The maximum atomic E-state index is 11.9. The lowest BCUT2D eigenvalue weighted by atomic mass is 10.1. The van der Waals surface area contributed by atoms with Gasteiger partial charge in [0.1, 0.15) is 18.0 Å². The Morgan fingerprint density at radius 1 is 1.25 bits per heavy atom. The van der Waals surface area contributed by atoms with Gasteiger partial charge in [0.25, 0.3) is 0 Å². The quantitative estimate of drug-likeness (QED) is 0.920. The van der Waals surface area contributed by atoms with Crippen molar-refractivity contribution >= 4 is 34.6 Å². The lowest BCUT2D eigenvalue weighted by molar-refractivity contribution is -0.115. The second-order valence-corrected chi connectivity index (χ2v) is 4.91. The normalized spacial score (nSPS) is 13.7. The first kappa shape index (κ1) is 12.8. The Bertz CT molecular complexity index is 673. The van der Waals surface area contributed by atoms with Gasteiger partial charge in [0.15, 0.2) is 0 Å². The summed E-state index contributed by atoms with van der Waals surface area (Å²) in [5.74, 6) is 0.560. The van der Waals surface area contributed by atoms with E-state index in [0.717, 1.165) is 11.4 Å². The number of halogens is 1. The van der Waals surface area contributed by atoms with Gasteiger partial charge in [0, 0.05) is 10.7 Å². The van der Waals surface area contributed by atoms with E-state index in [1.54, 1.807) is 7.11 Å². The molecular formula is C15H13ClN2O2. The molecule has 1 amide bonds. The summed E-state index contributed by atoms with van der Waals surface area (Å²) < 4.78 is 5.30. The van der Waals surface area contributed by atoms with Crippen molar-refractivity contribution < 1.29 is 9.53 Å². The van der Waals surface area contributed by atoms with Crippen molar-refractivity contribution in [1.82, 2.24) is 0 Å². The van der Waals surface area contributed by atoms with E-state index < -0.39 is 0 Å². The summed E-state index contributed by atoms with van der Waals surface area (Å²) >= 11 is 6.03. The summed E-state index contributed by atoms with van der Waals surface area (Å²) in [6.45, 7) is 0.251. The van der Waals surface area contributed by atoms with E-state index in [4.69, 9.17) is 16.3 Å². The molecule has 4 nitrogen and oxygen atoms in total. The molecule has 0 saturated heterocycles. The number of rotatable bonds is 2. The Kier molecular flexibility index (Phi) is 3.24. The SMILES string of the molecule is COc1cccc2c1NC(=O)CN2c1cccc(Cl)c1. The molecule has 1 aliphatic rings. The molecule has 0 atom stereocenters. The zero-order chi connectivity index (χ0) is 14.1. The van der Waals surface area contributed by atoms with Crippen LogP contribution in [0.3, 0.4) is 0 Å². The standard InChI is InChI=1S/C15H13ClN2O2/c1-20-13-7-3-6-12-15(13)17-14(19)9-18(12)11-5-2-4-10(16)8-11/h2-8H,9H2,1H3,(H,17,19). The van der Waals surface area contributed by atoms with Crippen LogP contribution in [0.2, 0.25) is 5.02 Å². The maximum Gasteiger partial charge on any atom is 0.244 e. The number of amides is 1. The highest BCUT2D eigenvalue weighted by Crippen LogP contribution is 2.41. The third-order valence-corrected chi connectivity index (χ3v) is 3.44. The average Bonchev–Trinajstić information content (AvgIpc) is 2.45. The maximum absolute atomic E-state index is 11.9. The van der Waals surface area contributed by atoms with Gasteiger partial charge in [-0.15, -0.1) is 0 Å². The van der Waals surface area contributed by atoms with Crippen LogP contribution < -0.4 is 15.0 Å². The van der Waals surface area contributed by atoms with Gasteiger partial charge in [-0.2, -0.15) is 0 Å². The van der Waals surface area contributed by atoms with Crippen molar-refractivity contribution in [3.8, 4) is 5.75 Å². The van der Waals surface area contributed by atoms with E-state index in [-0.39, 0.29) is 12.5 Å². The number of benzene rings is 2. The first-order valence-electron chi connectivity index (χ1n) is 6.19. The molecule has 0 unspecified atom stereocenters. The van der Waals surface area contributed by atoms with Crippen molar-refractivity contribution in [2.45, 2.75) is 0 Å². The molecule has 0 aromatic heterocycles. The summed E-state index contributed by atoms with van der Waals surface area (Å²) in [5, 5.41) is 3.49. The Labute approximate surface area is 121 Å². The third kappa shape index (κ3) is 2.18. The summed E-state index contributed by atoms with van der Waals surface area (Å²) in [7, 11) is 1.58. The smallest absolute Gasteiger partial charge is 0.244 e. The number of hydrogen-bond donors (Lipinski definition) is 1. The van der Waals surface area contributed by atoms with Crippen LogP contribution in [0.1, 0.15) is 0 Å². The molecule has 0 spiro atoms. The molecule has 102 valence electrons. The Morgan fingerprint density at radius 3 is 2.80 bits per heavy atom. The Balaban J connectivity index is 2.13. The molecule has 0 saturated carbocycles. The minimum Gasteiger partial charge on any atom is -0.494 e. The van der Waals surface area contributed by atoms with Gasteiger partial charge >= 0.3 is 0 Å². The van der Waals surface area contributed by atoms with Crippen molar-refractivity contribution in [3.05, 3.63) is 47.5 Å². The molecule has 1 N–H and O–H groups in total. The number of anilines is 3. The van der Waals surface area contributed by atoms with Gasteiger partial charge in [0.05, 0.1) is 12.8 Å². The number of nitrogens with zero attached hydrogens (tertiary/aromatic N) is 1. The number of methoxy groups -OCH3 is 1.